The van der Waals surface area contributed by atoms with Gasteiger partial charge in [-0.2, -0.15) is 0 Å². The molecule has 1 nitrogen and oxygen atoms in total. The van der Waals surface area contributed by atoms with Crippen molar-refractivity contribution in [2.75, 3.05) is 6.54 Å². The Labute approximate surface area is 132 Å². The highest BCUT2D eigenvalue weighted by molar-refractivity contribution is 7.12. The first-order valence-corrected chi connectivity index (χ1v) is 8.90. The van der Waals surface area contributed by atoms with Crippen LogP contribution in [0.3, 0.4) is 0 Å². The van der Waals surface area contributed by atoms with Crippen LogP contribution < -0.4 is 5.32 Å². The smallest absolute Gasteiger partial charge is 0.0400 e. The fourth-order valence-corrected chi connectivity index (χ4v) is 4.76. The molecular formula is C19H25NS. The molecule has 2 aromatic rings. The number of hydrogen-bond donors (Lipinski definition) is 1. The van der Waals surface area contributed by atoms with Crippen LogP contribution in [0.4, 0.5) is 0 Å². The van der Waals surface area contributed by atoms with Crippen molar-refractivity contribution in [1.29, 1.82) is 0 Å². The topological polar surface area (TPSA) is 12.0 Å². The van der Waals surface area contributed by atoms with Crippen molar-refractivity contribution in [3.8, 4) is 0 Å². The summed E-state index contributed by atoms with van der Waals surface area (Å²) in [5, 5.41) is 3.77. The number of likely N-dealkylation sites (N-methyl/N-ethyl adjacent to an activating group) is 1. The molecule has 2 heteroatoms. The van der Waals surface area contributed by atoms with E-state index in [1.54, 1.807) is 11.1 Å². The lowest BCUT2D eigenvalue weighted by Gasteiger charge is -2.33. The van der Waals surface area contributed by atoms with Gasteiger partial charge in [0, 0.05) is 21.7 Å². The Morgan fingerprint density at radius 2 is 2.10 bits per heavy atom. The van der Waals surface area contributed by atoms with Gasteiger partial charge in [0.1, 0.15) is 0 Å². The maximum absolute atomic E-state index is 3.77. The van der Waals surface area contributed by atoms with Crippen LogP contribution in [-0.2, 0) is 6.42 Å². The molecule has 1 aromatic carbocycles. The van der Waals surface area contributed by atoms with Gasteiger partial charge < -0.3 is 5.32 Å². The summed E-state index contributed by atoms with van der Waals surface area (Å²) in [6.45, 7) is 7.74. The van der Waals surface area contributed by atoms with Gasteiger partial charge >= 0.3 is 0 Å². The van der Waals surface area contributed by atoms with E-state index >= 15 is 0 Å². The summed E-state index contributed by atoms with van der Waals surface area (Å²) in [6.07, 6.45) is 3.85. The van der Waals surface area contributed by atoms with Gasteiger partial charge in [-0.3, -0.25) is 0 Å². The van der Waals surface area contributed by atoms with Crippen LogP contribution in [0.2, 0.25) is 0 Å². The Morgan fingerprint density at radius 1 is 1.29 bits per heavy atom. The molecule has 3 rings (SSSR count). The molecule has 21 heavy (non-hydrogen) atoms. The molecule has 1 N–H and O–H groups in total. The van der Waals surface area contributed by atoms with Crippen molar-refractivity contribution < 1.29 is 0 Å². The van der Waals surface area contributed by atoms with Crippen LogP contribution >= 0.6 is 11.3 Å². The van der Waals surface area contributed by atoms with E-state index in [-0.39, 0.29) is 0 Å². The van der Waals surface area contributed by atoms with Gasteiger partial charge in [0.2, 0.25) is 0 Å². The van der Waals surface area contributed by atoms with E-state index in [0.29, 0.717) is 12.0 Å². The van der Waals surface area contributed by atoms with Crippen LogP contribution in [0, 0.1) is 13.8 Å². The first kappa shape index (κ1) is 14.8. The molecule has 0 bridgehead atoms. The number of thiophene rings is 1. The maximum atomic E-state index is 3.77. The molecule has 112 valence electrons. The monoisotopic (exact) mass is 299 g/mol. The van der Waals surface area contributed by atoms with Crippen LogP contribution in [0.15, 0.2) is 30.3 Å². The molecule has 1 aromatic heterocycles. The molecule has 0 amide bonds. The highest BCUT2D eigenvalue weighted by Gasteiger charge is 2.29. The van der Waals surface area contributed by atoms with Gasteiger partial charge in [0.05, 0.1) is 0 Å². The quantitative estimate of drug-likeness (QED) is 0.824. The Balaban J connectivity index is 2.01. The zero-order valence-corrected chi connectivity index (χ0v) is 14.1. The Morgan fingerprint density at radius 3 is 2.81 bits per heavy atom. The summed E-state index contributed by atoms with van der Waals surface area (Å²) in [7, 11) is 0. The number of aryl methyl sites for hydroxylation is 3. The third-order valence-electron chi connectivity index (χ3n) is 4.66. The molecule has 0 saturated carbocycles. The summed E-state index contributed by atoms with van der Waals surface area (Å²) in [6, 6.07) is 11.9. The van der Waals surface area contributed by atoms with Crippen molar-refractivity contribution >= 4 is 11.3 Å². The number of nitrogens with one attached hydrogen (secondary N) is 1. The number of hydrogen-bond acceptors (Lipinski definition) is 2. The highest BCUT2D eigenvalue weighted by Crippen LogP contribution is 2.42. The Hall–Kier alpha value is -1.12. The average molecular weight is 299 g/mol. The standard InChI is InChI=1S/C19H25NS/c1-4-20-19(18-12-13(2)21-14(18)3)17-11-7-9-15-8-5-6-10-16(15)17/h5-6,8,10,12,17,19-20H,4,7,9,11H2,1-3H3. The molecular weight excluding hydrogens is 274 g/mol. The number of fused-ring (bicyclic) bond motifs is 1. The van der Waals surface area contributed by atoms with Crippen molar-refractivity contribution in [3.63, 3.8) is 0 Å². The molecule has 2 atom stereocenters. The van der Waals surface area contributed by atoms with Crippen LogP contribution in [0.25, 0.3) is 0 Å². The van der Waals surface area contributed by atoms with E-state index in [1.807, 2.05) is 11.3 Å². The van der Waals surface area contributed by atoms with E-state index in [9.17, 15) is 0 Å². The Bertz CT molecular complexity index is 614. The van der Waals surface area contributed by atoms with Crippen LogP contribution in [0.1, 0.15) is 58.2 Å². The fourth-order valence-electron chi connectivity index (χ4n) is 3.79. The molecule has 1 aliphatic rings. The molecule has 1 heterocycles. The second kappa shape index (κ2) is 6.33. The van der Waals surface area contributed by atoms with Gasteiger partial charge in [-0.1, -0.05) is 31.2 Å². The summed E-state index contributed by atoms with van der Waals surface area (Å²) < 4.78 is 0. The first-order valence-electron chi connectivity index (χ1n) is 8.08. The van der Waals surface area contributed by atoms with Crippen LogP contribution in [-0.4, -0.2) is 6.54 Å². The minimum absolute atomic E-state index is 0.460. The second-order valence-electron chi connectivity index (χ2n) is 6.10. The fraction of sp³-hybridized carbons (Fsp3) is 0.474. The third kappa shape index (κ3) is 2.93. The van der Waals surface area contributed by atoms with Crippen molar-refractivity contribution in [2.45, 2.75) is 52.0 Å². The summed E-state index contributed by atoms with van der Waals surface area (Å²) in [5.74, 6) is 0.614. The van der Waals surface area contributed by atoms with Gasteiger partial charge in [-0.05, 0) is 62.4 Å². The molecule has 0 fully saturated rings. The van der Waals surface area contributed by atoms with Crippen molar-refractivity contribution in [3.05, 3.63) is 56.8 Å². The van der Waals surface area contributed by atoms with E-state index in [1.165, 1.54) is 34.6 Å². The molecule has 0 aliphatic heterocycles. The Kier molecular flexibility index (Phi) is 4.46. The van der Waals surface area contributed by atoms with Gasteiger partial charge in [0.25, 0.3) is 0 Å². The van der Waals surface area contributed by atoms with E-state index in [4.69, 9.17) is 0 Å². The van der Waals surface area contributed by atoms with Gasteiger partial charge in [0.15, 0.2) is 0 Å². The molecule has 0 radical (unpaired) electrons. The maximum Gasteiger partial charge on any atom is 0.0400 e. The molecule has 0 spiro atoms. The SMILES string of the molecule is CCNC(c1cc(C)sc1C)C1CCCc2ccccc21. The average Bonchev–Trinajstić information content (AvgIpc) is 2.83. The van der Waals surface area contributed by atoms with E-state index in [0.717, 1.165) is 6.54 Å². The predicted molar refractivity (Wildman–Crippen MR) is 92.3 cm³/mol. The summed E-state index contributed by atoms with van der Waals surface area (Å²) >= 11 is 1.93. The predicted octanol–water partition coefficient (Wildman–Crippen LogP) is 5.14. The molecule has 1 aliphatic carbocycles. The minimum Gasteiger partial charge on any atom is -0.310 e. The van der Waals surface area contributed by atoms with Crippen LogP contribution in [0.5, 0.6) is 0 Å². The van der Waals surface area contributed by atoms with E-state index in [2.05, 4.69) is 56.4 Å². The second-order valence-corrected chi connectivity index (χ2v) is 7.56. The summed E-state index contributed by atoms with van der Waals surface area (Å²) in [5.41, 5.74) is 4.64. The van der Waals surface area contributed by atoms with E-state index < -0.39 is 0 Å². The lowest BCUT2D eigenvalue weighted by molar-refractivity contribution is 0.408. The molecule has 0 saturated heterocycles. The van der Waals surface area contributed by atoms with Crippen molar-refractivity contribution in [1.82, 2.24) is 5.32 Å². The third-order valence-corrected chi connectivity index (χ3v) is 5.64. The number of benzene rings is 1. The normalized spacial score (nSPS) is 19.3. The minimum atomic E-state index is 0.460. The lowest BCUT2D eigenvalue weighted by Crippen LogP contribution is -2.29. The first-order chi connectivity index (χ1) is 10.2. The zero-order valence-electron chi connectivity index (χ0n) is 13.3. The largest absolute Gasteiger partial charge is 0.310 e. The summed E-state index contributed by atoms with van der Waals surface area (Å²) in [4.78, 5) is 2.90. The van der Waals surface area contributed by atoms with Gasteiger partial charge in [-0.25, -0.2) is 0 Å². The lowest BCUT2D eigenvalue weighted by atomic mass is 9.76. The highest BCUT2D eigenvalue weighted by atomic mass is 32.1. The number of rotatable bonds is 4. The zero-order chi connectivity index (χ0) is 14.8. The van der Waals surface area contributed by atoms with Crippen molar-refractivity contribution in [2.24, 2.45) is 0 Å². The van der Waals surface area contributed by atoms with Gasteiger partial charge in [-0.15, -0.1) is 11.3 Å². The molecule has 2 unspecified atom stereocenters.